The molecule has 2 aromatic carbocycles. The van der Waals surface area contributed by atoms with Gasteiger partial charge in [0.2, 0.25) is 9.84 Å². The second-order valence-corrected chi connectivity index (χ2v) is 6.07. The van der Waals surface area contributed by atoms with Crippen LogP contribution < -0.4 is 4.90 Å². The van der Waals surface area contributed by atoms with Crippen LogP contribution in [0, 0.1) is 0 Å². The number of rotatable bonds is 1. The lowest BCUT2D eigenvalue weighted by Gasteiger charge is -2.31. The normalized spacial score (nSPS) is 15.9. The Kier molecular flexibility index (Phi) is 2.41. The number of hydrogen-bond donors (Lipinski definition) is 0. The first-order valence-electron chi connectivity index (χ1n) is 5.87. The molecule has 4 heteroatoms. The molecule has 0 atom stereocenters. The van der Waals surface area contributed by atoms with Crippen molar-refractivity contribution in [3.63, 3.8) is 0 Å². The van der Waals surface area contributed by atoms with Crippen LogP contribution >= 0.6 is 0 Å². The maximum Gasteiger partial charge on any atom is 0.210 e. The van der Waals surface area contributed by atoms with Gasteiger partial charge in [0, 0.05) is 6.54 Å². The Balaban J connectivity index is 2.40. The third kappa shape index (κ3) is 1.39. The fourth-order valence-corrected chi connectivity index (χ4v) is 4.06. The Bertz CT molecular complexity index is 654. The molecule has 0 N–H and O–H groups in total. The first kappa shape index (κ1) is 11.3. The maximum absolute atomic E-state index is 12.5. The predicted octanol–water partition coefficient (Wildman–Crippen LogP) is 2.99. The highest BCUT2D eigenvalue weighted by Crippen LogP contribution is 2.43. The van der Waals surface area contributed by atoms with Crippen LogP contribution in [0.15, 0.2) is 58.3 Å². The summed E-state index contributed by atoms with van der Waals surface area (Å²) in [5.41, 5.74) is 1.53. The van der Waals surface area contributed by atoms with E-state index in [4.69, 9.17) is 0 Å². The van der Waals surface area contributed by atoms with Crippen LogP contribution in [0.1, 0.15) is 6.92 Å². The molecule has 1 heterocycles. The van der Waals surface area contributed by atoms with Crippen molar-refractivity contribution in [2.24, 2.45) is 0 Å². The third-order valence-corrected chi connectivity index (χ3v) is 5.06. The van der Waals surface area contributed by atoms with Gasteiger partial charge in [0.05, 0.1) is 21.2 Å². The summed E-state index contributed by atoms with van der Waals surface area (Å²) in [6.07, 6.45) is 0. The van der Waals surface area contributed by atoms with E-state index in [1.54, 1.807) is 24.3 Å². The van der Waals surface area contributed by atoms with Crippen molar-refractivity contribution in [2.75, 3.05) is 11.4 Å². The average Bonchev–Trinajstić information content (AvgIpc) is 2.40. The molecule has 0 spiro atoms. The monoisotopic (exact) mass is 259 g/mol. The molecule has 0 saturated carbocycles. The fourth-order valence-electron chi connectivity index (χ4n) is 2.40. The standard InChI is InChI=1S/C14H13NO2S/c1-2-15-11-7-3-5-9-13(11)18(16,17)14-10-6-4-8-12(14)15/h3-10H,2H2,1H3. The summed E-state index contributed by atoms with van der Waals surface area (Å²) in [6, 6.07) is 14.3. The lowest BCUT2D eigenvalue weighted by Crippen LogP contribution is -2.25. The van der Waals surface area contributed by atoms with E-state index < -0.39 is 9.84 Å². The third-order valence-electron chi connectivity index (χ3n) is 3.21. The molecule has 0 saturated heterocycles. The van der Waals surface area contributed by atoms with Crippen molar-refractivity contribution in [1.82, 2.24) is 0 Å². The highest BCUT2D eigenvalue weighted by Gasteiger charge is 2.32. The number of sulfone groups is 1. The molecule has 3 rings (SSSR count). The summed E-state index contributed by atoms with van der Waals surface area (Å²) < 4.78 is 25.1. The molecule has 1 aliphatic heterocycles. The van der Waals surface area contributed by atoms with Crippen molar-refractivity contribution in [2.45, 2.75) is 16.7 Å². The second kappa shape index (κ2) is 3.85. The van der Waals surface area contributed by atoms with E-state index in [0.29, 0.717) is 9.79 Å². The molecule has 0 bridgehead atoms. The SMILES string of the molecule is CCN1c2ccccc2S(=O)(=O)c2ccccc21. The van der Waals surface area contributed by atoms with Gasteiger partial charge in [-0.1, -0.05) is 24.3 Å². The molecule has 0 amide bonds. The number of benzene rings is 2. The maximum atomic E-state index is 12.5. The quantitative estimate of drug-likeness (QED) is 0.790. The highest BCUT2D eigenvalue weighted by atomic mass is 32.2. The van der Waals surface area contributed by atoms with E-state index in [0.717, 1.165) is 17.9 Å². The lowest BCUT2D eigenvalue weighted by molar-refractivity contribution is 0.594. The van der Waals surface area contributed by atoms with Gasteiger partial charge in [0.1, 0.15) is 0 Å². The summed E-state index contributed by atoms with van der Waals surface area (Å²) >= 11 is 0. The lowest BCUT2D eigenvalue weighted by atomic mass is 10.2. The molecule has 0 aromatic heterocycles. The van der Waals surface area contributed by atoms with E-state index in [1.165, 1.54) is 0 Å². The van der Waals surface area contributed by atoms with Gasteiger partial charge in [-0.15, -0.1) is 0 Å². The van der Waals surface area contributed by atoms with Gasteiger partial charge in [0.25, 0.3) is 0 Å². The van der Waals surface area contributed by atoms with Crippen LogP contribution in [0.5, 0.6) is 0 Å². The summed E-state index contributed by atoms with van der Waals surface area (Å²) in [4.78, 5) is 2.82. The Morgan fingerprint density at radius 1 is 0.889 bits per heavy atom. The average molecular weight is 259 g/mol. The van der Waals surface area contributed by atoms with E-state index >= 15 is 0 Å². The molecular weight excluding hydrogens is 246 g/mol. The van der Waals surface area contributed by atoms with Gasteiger partial charge in [-0.2, -0.15) is 0 Å². The van der Waals surface area contributed by atoms with E-state index in [9.17, 15) is 8.42 Å². The zero-order valence-corrected chi connectivity index (χ0v) is 10.8. The fraction of sp³-hybridized carbons (Fsp3) is 0.143. The Hall–Kier alpha value is -1.81. The first-order chi connectivity index (χ1) is 8.66. The largest absolute Gasteiger partial charge is 0.340 e. The van der Waals surface area contributed by atoms with Crippen LogP contribution in [-0.2, 0) is 9.84 Å². The Morgan fingerprint density at radius 2 is 1.33 bits per heavy atom. The van der Waals surface area contributed by atoms with E-state index in [1.807, 2.05) is 36.1 Å². The van der Waals surface area contributed by atoms with Crippen molar-refractivity contribution in [1.29, 1.82) is 0 Å². The van der Waals surface area contributed by atoms with Gasteiger partial charge in [-0.05, 0) is 31.2 Å². The van der Waals surface area contributed by atoms with Gasteiger partial charge >= 0.3 is 0 Å². The number of fused-ring (bicyclic) bond motifs is 2. The summed E-state index contributed by atoms with van der Waals surface area (Å²) in [7, 11) is -3.39. The minimum atomic E-state index is -3.39. The summed E-state index contributed by atoms with van der Waals surface area (Å²) in [5, 5.41) is 0. The smallest absolute Gasteiger partial charge is 0.210 e. The molecule has 0 fully saturated rings. The van der Waals surface area contributed by atoms with Crippen molar-refractivity contribution in [3.05, 3.63) is 48.5 Å². The molecule has 3 nitrogen and oxygen atoms in total. The van der Waals surface area contributed by atoms with Crippen LogP contribution in [0.4, 0.5) is 11.4 Å². The van der Waals surface area contributed by atoms with Gasteiger partial charge < -0.3 is 4.90 Å². The van der Waals surface area contributed by atoms with Gasteiger partial charge in [-0.25, -0.2) is 8.42 Å². The number of hydrogen-bond acceptors (Lipinski definition) is 3. The Morgan fingerprint density at radius 3 is 1.78 bits per heavy atom. The molecule has 18 heavy (non-hydrogen) atoms. The molecule has 1 aliphatic rings. The Labute approximate surface area is 107 Å². The molecule has 0 unspecified atom stereocenters. The molecule has 92 valence electrons. The van der Waals surface area contributed by atoms with Crippen molar-refractivity contribution >= 4 is 21.2 Å². The second-order valence-electron chi connectivity index (χ2n) is 4.18. The first-order valence-corrected chi connectivity index (χ1v) is 7.35. The molecule has 0 radical (unpaired) electrons. The zero-order chi connectivity index (χ0) is 12.8. The van der Waals surface area contributed by atoms with Gasteiger partial charge in [0.15, 0.2) is 0 Å². The minimum Gasteiger partial charge on any atom is -0.340 e. The minimum absolute atomic E-state index is 0.394. The topological polar surface area (TPSA) is 37.4 Å². The number of para-hydroxylation sites is 2. The highest BCUT2D eigenvalue weighted by molar-refractivity contribution is 7.92. The van der Waals surface area contributed by atoms with Crippen LogP contribution in [-0.4, -0.2) is 15.0 Å². The molecule has 0 aliphatic carbocycles. The number of anilines is 2. The number of nitrogens with zero attached hydrogens (tertiary/aromatic N) is 1. The van der Waals surface area contributed by atoms with E-state index in [2.05, 4.69) is 0 Å². The predicted molar refractivity (Wildman–Crippen MR) is 71.0 cm³/mol. The summed E-state index contributed by atoms with van der Waals surface area (Å²) in [5.74, 6) is 0. The van der Waals surface area contributed by atoms with Crippen LogP contribution in [0.25, 0.3) is 0 Å². The van der Waals surface area contributed by atoms with Crippen LogP contribution in [0.3, 0.4) is 0 Å². The zero-order valence-electron chi connectivity index (χ0n) is 10.00. The van der Waals surface area contributed by atoms with E-state index in [-0.39, 0.29) is 0 Å². The molecular formula is C14H13NO2S. The molecule has 2 aromatic rings. The van der Waals surface area contributed by atoms with Gasteiger partial charge in [-0.3, -0.25) is 0 Å². The van der Waals surface area contributed by atoms with Crippen molar-refractivity contribution < 1.29 is 8.42 Å². The van der Waals surface area contributed by atoms with Crippen molar-refractivity contribution in [3.8, 4) is 0 Å². The summed E-state index contributed by atoms with van der Waals surface area (Å²) in [6.45, 7) is 2.76. The van der Waals surface area contributed by atoms with Crippen LogP contribution in [0.2, 0.25) is 0 Å².